The SMILES string of the molecule is C=C(COC)c1cc(NC(=O)[C@@H]2CCN2c2ccc(Cl)cc2)no1. The fraction of sp³-hybridized carbons (Fsp3) is 0.294. The second kappa shape index (κ2) is 7.07. The predicted molar refractivity (Wildman–Crippen MR) is 93.2 cm³/mol. The van der Waals surface area contributed by atoms with E-state index in [1.807, 2.05) is 29.2 Å². The molecule has 2 heterocycles. The molecule has 0 bridgehead atoms. The van der Waals surface area contributed by atoms with Crippen LogP contribution in [0.2, 0.25) is 5.02 Å². The first-order valence-electron chi connectivity index (χ1n) is 7.55. The summed E-state index contributed by atoms with van der Waals surface area (Å²) >= 11 is 5.90. The van der Waals surface area contributed by atoms with E-state index in [0.29, 0.717) is 28.8 Å². The smallest absolute Gasteiger partial charge is 0.248 e. The number of hydrogen-bond acceptors (Lipinski definition) is 5. The van der Waals surface area contributed by atoms with Gasteiger partial charge in [-0.2, -0.15) is 0 Å². The quantitative estimate of drug-likeness (QED) is 0.869. The summed E-state index contributed by atoms with van der Waals surface area (Å²) in [7, 11) is 1.58. The molecule has 0 aliphatic carbocycles. The number of methoxy groups -OCH3 is 1. The third-order valence-corrected chi connectivity index (χ3v) is 4.16. The molecular weight excluding hydrogens is 330 g/mol. The minimum absolute atomic E-state index is 0.117. The molecule has 1 saturated heterocycles. The summed E-state index contributed by atoms with van der Waals surface area (Å²) in [4.78, 5) is 14.5. The van der Waals surface area contributed by atoms with Crippen LogP contribution < -0.4 is 10.2 Å². The number of anilines is 2. The van der Waals surface area contributed by atoms with Gasteiger partial charge < -0.3 is 19.5 Å². The average Bonchev–Trinajstić information content (AvgIpc) is 2.97. The van der Waals surface area contributed by atoms with E-state index in [2.05, 4.69) is 17.1 Å². The molecule has 1 aromatic heterocycles. The molecule has 0 unspecified atom stereocenters. The molecule has 1 atom stereocenters. The standard InChI is InChI=1S/C17H18ClN3O3/c1-11(10-23-2)15-9-16(20-24-15)19-17(22)14-7-8-21(14)13-5-3-12(18)4-6-13/h3-6,9,14H,1,7-8,10H2,2H3,(H,19,20,22)/t14-/m0/s1. The Labute approximate surface area is 145 Å². The lowest BCUT2D eigenvalue weighted by Crippen LogP contribution is -2.54. The van der Waals surface area contributed by atoms with Gasteiger partial charge in [-0.25, -0.2) is 0 Å². The van der Waals surface area contributed by atoms with Gasteiger partial charge >= 0.3 is 0 Å². The predicted octanol–water partition coefficient (Wildman–Crippen LogP) is 3.21. The molecule has 1 aliphatic rings. The van der Waals surface area contributed by atoms with Crippen molar-refractivity contribution in [3.05, 3.63) is 47.7 Å². The Balaban J connectivity index is 1.63. The van der Waals surface area contributed by atoms with Crippen molar-refractivity contribution in [2.75, 3.05) is 30.5 Å². The number of amides is 1. The molecule has 24 heavy (non-hydrogen) atoms. The molecule has 1 N–H and O–H groups in total. The van der Waals surface area contributed by atoms with Crippen molar-refractivity contribution in [2.45, 2.75) is 12.5 Å². The lowest BCUT2D eigenvalue weighted by Gasteiger charge is -2.41. The largest absolute Gasteiger partial charge is 0.380 e. The summed E-state index contributed by atoms with van der Waals surface area (Å²) in [5.41, 5.74) is 1.64. The maximum Gasteiger partial charge on any atom is 0.248 e. The molecule has 7 heteroatoms. The van der Waals surface area contributed by atoms with E-state index in [-0.39, 0.29) is 11.9 Å². The molecule has 1 amide bonds. The number of carbonyl (C=O) groups is 1. The molecule has 0 radical (unpaired) electrons. The molecule has 0 saturated carbocycles. The number of ether oxygens (including phenoxy) is 1. The maximum absolute atomic E-state index is 12.4. The topological polar surface area (TPSA) is 67.6 Å². The number of hydrogen-bond donors (Lipinski definition) is 1. The van der Waals surface area contributed by atoms with Crippen molar-refractivity contribution in [1.29, 1.82) is 0 Å². The van der Waals surface area contributed by atoms with E-state index in [4.69, 9.17) is 20.9 Å². The van der Waals surface area contributed by atoms with Crippen molar-refractivity contribution in [3.8, 4) is 0 Å². The number of carbonyl (C=O) groups excluding carboxylic acids is 1. The number of aromatic nitrogens is 1. The van der Waals surface area contributed by atoms with E-state index < -0.39 is 0 Å². The van der Waals surface area contributed by atoms with Crippen LogP contribution in [0.1, 0.15) is 12.2 Å². The second-order valence-electron chi connectivity index (χ2n) is 5.58. The van der Waals surface area contributed by atoms with Crippen LogP contribution in [0.4, 0.5) is 11.5 Å². The Bertz CT molecular complexity index is 742. The van der Waals surface area contributed by atoms with Gasteiger partial charge in [-0.05, 0) is 30.7 Å². The first-order valence-corrected chi connectivity index (χ1v) is 7.93. The Morgan fingerprint density at radius 1 is 1.50 bits per heavy atom. The molecule has 1 aromatic carbocycles. The zero-order chi connectivity index (χ0) is 17.1. The van der Waals surface area contributed by atoms with Gasteiger partial charge in [0, 0.05) is 36.0 Å². The zero-order valence-electron chi connectivity index (χ0n) is 13.3. The van der Waals surface area contributed by atoms with E-state index in [9.17, 15) is 4.79 Å². The van der Waals surface area contributed by atoms with Crippen LogP contribution in [0.15, 0.2) is 41.4 Å². The van der Waals surface area contributed by atoms with Crippen LogP contribution in [0, 0.1) is 0 Å². The van der Waals surface area contributed by atoms with Crippen LogP contribution in [-0.2, 0) is 9.53 Å². The van der Waals surface area contributed by atoms with Gasteiger partial charge in [-0.15, -0.1) is 0 Å². The Kier molecular flexibility index (Phi) is 4.87. The van der Waals surface area contributed by atoms with Crippen LogP contribution in [0.5, 0.6) is 0 Å². The first-order chi connectivity index (χ1) is 11.6. The second-order valence-corrected chi connectivity index (χ2v) is 6.01. The van der Waals surface area contributed by atoms with Gasteiger partial charge in [0.2, 0.25) is 5.91 Å². The number of halogens is 1. The van der Waals surface area contributed by atoms with Gasteiger partial charge in [0.15, 0.2) is 11.6 Å². The summed E-state index contributed by atoms with van der Waals surface area (Å²) in [5.74, 6) is 0.749. The van der Waals surface area contributed by atoms with Crippen LogP contribution in [-0.4, -0.2) is 37.4 Å². The van der Waals surface area contributed by atoms with E-state index >= 15 is 0 Å². The first kappa shape index (κ1) is 16.5. The highest BCUT2D eigenvalue weighted by Gasteiger charge is 2.34. The number of rotatable bonds is 6. The van der Waals surface area contributed by atoms with Crippen molar-refractivity contribution in [2.24, 2.45) is 0 Å². The molecule has 126 valence electrons. The zero-order valence-corrected chi connectivity index (χ0v) is 14.0. The maximum atomic E-state index is 12.4. The highest BCUT2D eigenvalue weighted by Crippen LogP contribution is 2.28. The summed E-state index contributed by atoms with van der Waals surface area (Å²) < 4.78 is 10.2. The van der Waals surface area contributed by atoms with Crippen molar-refractivity contribution < 1.29 is 14.1 Å². The highest BCUT2D eigenvalue weighted by atomic mass is 35.5. The molecule has 1 fully saturated rings. The van der Waals surface area contributed by atoms with Gasteiger partial charge in [0.05, 0.1) is 6.61 Å². The Hall–Kier alpha value is -2.31. The van der Waals surface area contributed by atoms with Crippen molar-refractivity contribution >= 4 is 34.6 Å². The highest BCUT2D eigenvalue weighted by molar-refractivity contribution is 6.30. The third-order valence-electron chi connectivity index (χ3n) is 3.91. The number of nitrogens with one attached hydrogen (secondary N) is 1. The molecule has 0 spiro atoms. The van der Waals surface area contributed by atoms with Gasteiger partial charge in [0.25, 0.3) is 0 Å². The third kappa shape index (κ3) is 3.44. The monoisotopic (exact) mass is 347 g/mol. The lowest BCUT2D eigenvalue weighted by molar-refractivity contribution is -0.118. The van der Waals surface area contributed by atoms with Crippen molar-refractivity contribution in [3.63, 3.8) is 0 Å². The molecule has 6 nitrogen and oxygen atoms in total. The molecular formula is C17H18ClN3O3. The summed E-state index contributed by atoms with van der Waals surface area (Å²) in [6.45, 7) is 5.01. The van der Waals surface area contributed by atoms with Gasteiger partial charge in [-0.3, -0.25) is 4.79 Å². The Morgan fingerprint density at radius 2 is 2.25 bits per heavy atom. The number of benzene rings is 1. The Morgan fingerprint density at radius 3 is 2.88 bits per heavy atom. The summed E-state index contributed by atoms with van der Waals surface area (Å²) in [6, 6.07) is 8.86. The minimum Gasteiger partial charge on any atom is -0.380 e. The fourth-order valence-corrected chi connectivity index (χ4v) is 2.68. The van der Waals surface area contributed by atoms with Crippen LogP contribution in [0.25, 0.3) is 5.57 Å². The van der Waals surface area contributed by atoms with Gasteiger partial charge in [0.1, 0.15) is 6.04 Å². The summed E-state index contributed by atoms with van der Waals surface area (Å²) in [5, 5.41) is 7.30. The average molecular weight is 348 g/mol. The van der Waals surface area contributed by atoms with E-state index in [1.165, 1.54) is 0 Å². The van der Waals surface area contributed by atoms with Crippen LogP contribution in [0.3, 0.4) is 0 Å². The van der Waals surface area contributed by atoms with E-state index in [0.717, 1.165) is 18.7 Å². The lowest BCUT2D eigenvalue weighted by atomic mass is 10.0. The summed E-state index contributed by atoms with van der Waals surface area (Å²) in [6.07, 6.45) is 0.787. The van der Waals surface area contributed by atoms with E-state index in [1.54, 1.807) is 13.2 Å². The molecule has 2 aromatic rings. The van der Waals surface area contributed by atoms with Gasteiger partial charge in [-0.1, -0.05) is 23.3 Å². The van der Waals surface area contributed by atoms with Crippen molar-refractivity contribution in [1.82, 2.24) is 5.16 Å². The number of nitrogens with zero attached hydrogens (tertiary/aromatic N) is 2. The minimum atomic E-state index is -0.228. The molecule has 1 aliphatic heterocycles. The molecule has 3 rings (SSSR count). The van der Waals surface area contributed by atoms with Crippen LogP contribution >= 0.6 is 11.6 Å². The fourth-order valence-electron chi connectivity index (χ4n) is 2.56. The normalized spacial score (nSPS) is 16.6.